The van der Waals surface area contributed by atoms with Gasteiger partial charge in [-0.05, 0) is 12.8 Å². The van der Waals surface area contributed by atoms with E-state index in [1.165, 1.54) is 14.2 Å². The van der Waals surface area contributed by atoms with Crippen LogP contribution in [0.4, 0.5) is 9.59 Å². The van der Waals surface area contributed by atoms with Crippen molar-refractivity contribution in [1.29, 1.82) is 0 Å². The van der Waals surface area contributed by atoms with Crippen molar-refractivity contribution >= 4 is 12.2 Å². The van der Waals surface area contributed by atoms with Gasteiger partial charge in [0, 0.05) is 13.1 Å². The molecule has 0 aromatic carbocycles. The molecule has 6 heteroatoms. The zero-order chi connectivity index (χ0) is 13.6. The molecule has 0 bridgehead atoms. The zero-order valence-corrected chi connectivity index (χ0v) is 11.3. The molecule has 0 aromatic rings. The first-order chi connectivity index (χ1) is 8.70. The highest BCUT2D eigenvalue weighted by molar-refractivity contribution is 5.67. The fourth-order valence-corrected chi connectivity index (χ4v) is 1.48. The topological polar surface area (TPSA) is 76.7 Å². The fourth-order valence-electron chi connectivity index (χ4n) is 1.48. The number of hydrogen-bond acceptors (Lipinski definition) is 4. The summed E-state index contributed by atoms with van der Waals surface area (Å²) >= 11 is 0. The molecule has 0 aliphatic rings. The van der Waals surface area contributed by atoms with Crippen molar-refractivity contribution in [3.8, 4) is 0 Å². The van der Waals surface area contributed by atoms with Crippen LogP contribution in [0.15, 0.2) is 0 Å². The van der Waals surface area contributed by atoms with Crippen molar-refractivity contribution in [1.82, 2.24) is 10.6 Å². The highest BCUT2D eigenvalue weighted by Gasteiger charge is 1.98. The van der Waals surface area contributed by atoms with E-state index in [4.69, 9.17) is 0 Å². The monoisotopic (exact) mass is 260 g/mol. The number of carbonyl (C=O) groups is 2. The minimum Gasteiger partial charge on any atom is -0.453 e. The first-order valence-corrected chi connectivity index (χ1v) is 6.34. The van der Waals surface area contributed by atoms with Gasteiger partial charge in [0.05, 0.1) is 14.2 Å². The van der Waals surface area contributed by atoms with Crippen LogP contribution in [0, 0.1) is 0 Å². The van der Waals surface area contributed by atoms with E-state index >= 15 is 0 Å². The van der Waals surface area contributed by atoms with E-state index in [0.29, 0.717) is 13.1 Å². The third-order valence-corrected chi connectivity index (χ3v) is 2.51. The van der Waals surface area contributed by atoms with Crippen molar-refractivity contribution < 1.29 is 19.1 Å². The van der Waals surface area contributed by atoms with E-state index in [1.807, 2.05) is 0 Å². The normalized spacial score (nSPS) is 9.67. The number of methoxy groups -OCH3 is 2. The molecular formula is C12H24N2O4. The second-order valence-corrected chi connectivity index (χ2v) is 3.96. The summed E-state index contributed by atoms with van der Waals surface area (Å²) in [6.07, 6.45) is 5.66. The number of unbranched alkanes of at least 4 members (excludes halogenated alkanes) is 5. The van der Waals surface area contributed by atoms with Gasteiger partial charge in [0.1, 0.15) is 0 Å². The maximum atomic E-state index is 10.7. The van der Waals surface area contributed by atoms with Gasteiger partial charge in [-0.25, -0.2) is 9.59 Å². The van der Waals surface area contributed by atoms with Gasteiger partial charge in [0.15, 0.2) is 0 Å². The molecular weight excluding hydrogens is 236 g/mol. The smallest absolute Gasteiger partial charge is 0.406 e. The lowest BCUT2D eigenvalue weighted by Crippen LogP contribution is -2.24. The molecule has 0 unspecified atom stereocenters. The SMILES string of the molecule is COC(=O)NCCCCCCCCNC(=O)OC. The number of alkyl carbamates (subject to hydrolysis) is 2. The predicted octanol–water partition coefficient (Wildman–Crippen LogP) is 2.04. The van der Waals surface area contributed by atoms with Crippen LogP contribution < -0.4 is 10.6 Å². The lowest BCUT2D eigenvalue weighted by molar-refractivity contribution is 0.170. The van der Waals surface area contributed by atoms with Crippen molar-refractivity contribution in [3.05, 3.63) is 0 Å². The number of nitrogens with one attached hydrogen (secondary N) is 2. The molecule has 0 saturated carbocycles. The Morgan fingerprint density at radius 2 is 1.06 bits per heavy atom. The molecule has 106 valence electrons. The Morgan fingerprint density at radius 1 is 0.722 bits per heavy atom. The van der Waals surface area contributed by atoms with Gasteiger partial charge in [0.2, 0.25) is 0 Å². The molecule has 0 aliphatic carbocycles. The number of rotatable bonds is 9. The quantitative estimate of drug-likeness (QED) is 0.622. The molecule has 0 heterocycles. The first-order valence-electron chi connectivity index (χ1n) is 6.34. The summed E-state index contributed by atoms with van der Waals surface area (Å²) in [6.45, 7) is 1.33. The van der Waals surface area contributed by atoms with Crippen LogP contribution in [0.5, 0.6) is 0 Å². The van der Waals surface area contributed by atoms with Crippen LogP contribution in [-0.2, 0) is 9.47 Å². The molecule has 0 radical (unpaired) electrons. The van der Waals surface area contributed by atoms with Crippen molar-refractivity contribution in [2.24, 2.45) is 0 Å². The summed E-state index contributed by atoms with van der Waals surface area (Å²) in [5.41, 5.74) is 0. The van der Waals surface area contributed by atoms with E-state index < -0.39 is 0 Å². The largest absolute Gasteiger partial charge is 0.453 e. The van der Waals surface area contributed by atoms with Gasteiger partial charge < -0.3 is 20.1 Å². The number of ether oxygens (including phenoxy) is 2. The van der Waals surface area contributed by atoms with Gasteiger partial charge in [-0.3, -0.25) is 0 Å². The standard InChI is InChI=1S/C12H24N2O4/c1-17-11(15)13-9-7-5-3-4-6-8-10-14-12(16)18-2/h3-10H2,1-2H3,(H,13,15)(H,14,16). The Bertz CT molecular complexity index is 210. The average molecular weight is 260 g/mol. The van der Waals surface area contributed by atoms with Crippen molar-refractivity contribution in [2.75, 3.05) is 27.3 Å². The van der Waals surface area contributed by atoms with Crippen LogP contribution >= 0.6 is 0 Å². The minimum absolute atomic E-state index is 0.371. The Labute approximate surface area is 108 Å². The second-order valence-electron chi connectivity index (χ2n) is 3.96. The lowest BCUT2D eigenvalue weighted by atomic mass is 10.1. The molecule has 6 nitrogen and oxygen atoms in total. The number of hydrogen-bond donors (Lipinski definition) is 2. The van der Waals surface area contributed by atoms with Gasteiger partial charge >= 0.3 is 12.2 Å². The van der Waals surface area contributed by atoms with Gasteiger partial charge in [-0.2, -0.15) is 0 Å². The van der Waals surface area contributed by atoms with E-state index in [2.05, 4.69) is 20.1 Å². The summed E-state index contributed by atoms with van der Waals surface area (Å²) in [5, 5.41) is 5.28. The number of carbonyl (C=O) groups excluding carboxylic acids is 2. The van der Waals surface area contributed by atoms with Crippen LogP contribution in [0.1, 0.15) is 38.5 Å². The Kier molecular flexibility index (Phi) is 11.0. The Morgan fingerprint density at radius 3 is 1.39 bits per heavy atom. The third-order valence-electron chi connectivity index (χ3n) is 2.51. The summed E-state index contributed by atoms with van der Waals surface area (Å²) in [7, 11) is 2.72. The van der Waals surface area contributed by atoms with Crippen LogP contribution in [0.2, 0.25) is 0 Å². The lowest BCUT2D eigenvalue weighted by Gasteiger charge is -2.04. The van der Waals surface area contributed by atoms with E-state index in [1.54, 1.807) is 0 Å². The second kappa shape index (κ2) is 12.0. The molecule has 0 atom stereocenters. The highest BCUT2D eigenvalue weighted by atomic mass is 16.5. The molecule has 0 fully saturated rings. The maximum Gasteiger partial charge on any atom is 0.406 e. The fraction of sp³-hybridized carbons (Fsp3) is 0.833. The van der Waals surface area contributed by atoms with Crippen LogP contribution in [-0.4, -0.2) is 39.5 Å². The van der Waals surface area contributed by atoms with Gasteiger partial charge in [-0.1, -0.05) is 25.7 Å². The molecule has 0 rings (SSSR count). The maximum absolute atomic E-state index is 10.7. The van der Waals surface area contributed by atoms with E-state index in [-0.39, 0.29) is 12.2 Å². The third kappa shape index (κ3) is 11.0. The van der Waals surface area contributed by atoms with E-state index in [0.717, 1.165) is 38.5 Å². The van der Waals surface area contributed by atoms with Gasteiger partial charge in [-0.15, -0.1) is 0 Å². The molecule has 18 heavy (non-hydrogen) atoms. The summed E-state index contributed by atoms with van der Waals surface area (Å²) < 4.78 is 8.91. The summed E-state index contributed by atoms with van der Waals surface area (Å²) in [5.74, 6) is 0. The molecule has 0 aromatic heterocycles. The highest BCUT2D eigenvalue weighted by Crippen LogP contribution is 2.04. The Hall–Kier alpha value is -1.46. The molecule has 0 spiro atoms. The zero-order valence-electron chi connectivity index (χ0n) is 11.3. The van der Waals surface area contributed by atoms with E-state index in [9.17, 15) is 9.59 Å². The molecule has 0 saturated heterocycles. The summed E-state index contributed by atoms with van der Waals surface area (Å²) in [6, 6.07) is 0. The van der Waals surface area contributed by atoms with Crippen LogP contribution in [0.3, 0.4) is 0 Å². The summed E-state index contributed by atoms with van der Waals surface area (Å²) in [4.78, 5) is 21.4. The van der Waals surface area contributed by atoms with Crippen molar-refractivity contribution in [2.45, 2.75) is 38.5 Å². The number of amides is 2. The van der Waals surface area contributed by atoms with Crippen molar-refractivity contribution in [3.63, 3.8) is 0 Å². The molecule has 0 aliphatic heterocycles. The molecule has 2 amide bonds. The Balaban J connectivity index is 3.07. The van der Waals surface area contributed by atoms with Gasteiger partial charge in [0.25, 0.3) is 0 Å². The molecule has 2 N–H and O–H groups in total. The van der Waals surface area contributed by atoms with Crippen LogP contribution in [0.25, 0.3) is 0 Å². The minimum atomic E-state index is -0.371. The average Bonchev–Trinajstić information content (AvgIpc) is 2.40. The first kappa shape index (κ1) is 16.5. The predicted molar refractivity (Wildman–Crippen MR) is 68.5 cm³/mol.